The van der Waals surface area contributed by atoms with Crippen LogP contribution in [0.25, 0.3) is 15.8 Å². The minimum absolute atomic E-state index is 0.0586. The summed E-state index contributed by atoms with van der Waals surface area (Å²) in [5.74, 6) is -0.615. The number of aliphatic hydroxyl groups excluding tert-OH is 1. The molecule has 0 aliphatic carbocycles. The van der Waals surface area contributed by atoms with Gasteiger partial charge in [-0.1, -0.05) is 18.2 Å². The quantitative estimate of drug-likeness (QED) is 0.558. The van der Waals surface area contributed by atoms with Crippen molar-refractivity contribution in [2.24, 2.45) is 0 Å². The average Bonchev–Trinajstić information content (AvgIpc) is 3.56. The molecule has 2 N–H and O–H groups in total. The predicted molar refractivity (Wildman–Crippen MR) is 127 cm³/mol. The Morgan fingerprint density at radius 1 is 1.12 bits per heavy atom. The Balaban J connectivity index is 1.31. The molecule has 0 saturated carbocycles. The molecular formula is C24H22N4O4S. The van der Waals surface area contributed by atoms with E-state index in [9.17, 15) is 14.7 Å². The highest BCUT2D eigenvalue weighted by atomic mass is 32.1. The first-order valence-electron chi connectivity index (χ1n) is 10.7. The SMILES string of the molecule is N=C1C(c2nc3ccccc3s2)=C(O)CN1c1cccc(C(=O)OCC(=O)N2CCCC2)c1. The lowest BCUT2D eigenvalue weighted by Gasteiger charge is -2.19. The van der Waals surface area contributed by atoms with Gasteiger partial charge in [-0.05, 0) is 43.2 Å². The lowest BCUT2D eigenvalue weighted by Crippen LogP contribution is -2.32. The van der Waals surface area contributed by atoms with Gasteiger partial charge >= 0.3 is 5.97 Å². The van der Waals surface area contributed by atoms with Crippen LogP contribution in [0, 0.1) is 5.41 Å². The van der Waals surface area contributed by atoms with Gasteiger partial charge in [0.25, 0.3) is 5.91 Å². The second-order valence-corrected chi connectivity index (χ2v) is 8.99. The van der Waals surface area contributed by atoms with E-state index in [0.29, 0.717) is 29.4 Å². The van der Waals surface area contributed by atoms with Crippen molar-refractivity contribution in [2.75, 3.05) is 31.1 Å². The van der Waals surface area contributed by atoms with Gasteiger partial charge in [-0.2, -0.15) is 0 Å². The van der Waals surface area contributed by atoms with Crippen molar-refractivity contribution in [3.63, 3.8) is 0 Å². The zero-order chi connectivity index (χ0) is 22.9. The van der Waals surface area contributed by atoms with Crippen molar-refractivity contribution in [3.8, 4) is 0 Å². The Morgan fingerprint density at radius 3 is 2.70 bits per heavy atom. The van der Waals surface area contributed by atoms with Crippen LogP contribution < -0.4 is 4.90 Å². The number of amides is 1. The minimum atomic E-state index is -0.598. The molecule has 2 aliphatic heterocycles. The fraction of sp³-hybridized carbons (Fsp3) is 0.250. The molecule has 0 radical (unpaired) electrons. The maximum absolute atomic E-state index is 12.5. The topological polar surface area (TPSA) is 107 Å². The summed E-state index contributed by atoms with van der Waals surface area (Å²) in [6, 6.07) is 14.3. The highest BCUT2D eigenvalue weighted by Crippen LogP contribution is 2.35. The maximum atomic E-state index is 12.5. The predicted octanol–water partition coefficient (Wildman–Crippen LogP) is 3.84. The first-order valence-corrected chi connectivity index (χ1v) is 11.5. The van der Waals surface area contributed by atoms with Crippen LogP contribution in [-0.4, -0.2) is 58.9 Å². The number of aromatic nitrogens is 1. The number of benzene rings is 2. The second kappa shape index (κ2) is 8.67. The molecule has 1 fully saturated rings. The summed E-state index contributed by atoms with van der Waals surface area (Å²) in [4.78, 5) is 32.6. The smallest absolute Gasteiger partial charge is 0.338 e. The number of carbonyl (C=O) groups excluding carboxylic acids is 2. The molecule has 3 heterocycles. The zero-order valence-electron chi connectivity index (χ0n) is 17.8. The molecule has 33 heavy (non-hydrogen) atoms. The van der Waals surface area contributed by atoms with Crippen LogP contribution in [0.1, 0.15) is 28.2 Å². The molecule has 1 aromatic heterocycles. The van der Waals surface area contributed by atoms with Crippen molar-refractivity contribution < 1.29 is 19.4 Å². The Labute approximate surface area is 194 Å². The van der Waals surface area contributed by atoms with Crippen LogP contribution in [0.2, 0.25) is 0 Å². The third-order valence-electron chi connectivity index (χ3n) is 5.79. The number of likely N-dealkylation sites (tertiary alicyclic amines) is 1. The van der Waals surface area contributed by atoms with Gasteiger partial charge in [0.1, 0.15) is 16.6 Å². The normalized spacial score (nSPS) is 16.2. The van der Waals surface area contributed by atoms with E-state index in [-0.39, 0.29) is 36.2 Å². The van der Waals surface area contributed by atoms with Gasteiger partial charge in [0.05, 0.1) is 27.9 Å². The molecule has 2 aromatic carbocycles. The van der Waals surface area contributed by atoms with Crippen molar-refractivity contribution in [1.29, 1.82) is 5.41 Å². The van der Waals surface area contributed by atoms with Crippen LogP contribution in [0.4, 0.5) is 5.69 Å². The van der Waals surface area contributed by atoms with Gasteiger partial charge in [-0.25, -0.2) is 9.78 Å². The Hall–Kier alpha value is -3.72. The zero-order valence-corrected chi connectivity index (χ0v) is 18.6. The highest BCUT2D eigenvalue weighted by molar-refractivity contribution is 7.19. The van der Waals surface area contributed by atoms with Gasteiger partial charge in [-0.3, -0.25) is 10.2 Å². The minimum Gasteiger partial charge on any atom is -0.510 e. The Morgan fingerprint density at radius 2 is 1.91 bits per heavy atom. The summed E-state index contributed by atoms with van der Waals surface area (Å²) < 4.78 is 6.20. The molecule has 0 bridgehead atoms. The molecule has 168 valence electrons. The maximum Gasteiger partial charge on any atom is 0.338 e. The van der Waals surface area contributed by atoms with Crippen LogP contribution in [0.5, 0.6) is 0 Å². The number of carbonyl (C=O) groups is 2. The third-order valence-corrected chi connectivity index (χ3v) is 6.84. The summed E-state index contributed by atoms with van der Waals surface area (Å²) in [5, 5.41) is 19.9. The summed E-state index contributed by atoms with van der Waals surface area (Å²) in [7, 11) is 0. The summed E-state index contributed by atoms with van der Waals surface area (Å²) in [6.45, 7) is 1.23. The Kier molecular flexibility index (Phi) is 5.55. The molecule has 0 unspecified atom stereocenters. The van der Waals surface area contributed by atoms with E-state index in [1.807, 2.05) is 24.3 Å². The van der Waals surface area contributed by atoms with E-state index < -0.39 is 5.97 Å². The highest BCUT2D eigenvalue weighted by Gasteiger charge is 2.31. The summed E-state index contributed by atoms with van der Waals surface area (Å²) >= 11 is 1.42. The lowest BCUT2D eigenvalue weighted by molar-refractivity contribution is -0.133. The number of amidine groups is 1. The van der Waals surface area contributed by atoms with Crippen molar-refractivity contribution in [1.82, 2.24) is 9.88 Å². The molecule has 3 aromatic rings. The van der Waals surface area contributed by atoms with Gasteiger partial charge < -0.3 is 19.6 Å². The number of nitrogens with zero attached hydrogens (tertiary/aromatic N) is 3. The fourth-order valence-electron chi connectivity index (χ4n) is 4.07. The van der Waals surface area contributed by atoms with Gasteiger partial charge in [0, 0.05) is 18.8 Å². The molecular weight excluding hydrogens is 440 g/mol. The standard InChI is InChI=1S/C24H22N4O4S/c25-22-21(23-26-17-8-1-2-9-19(17)33-23)18(29)13-28(22)16-7-5-6-15(12-16)24(31)32-14-20(30)27-10-3-4-11-27/h1-2,5-9,12,25,29H,3-4,10-11,13-14H2. The number of anilines is 1. The number of thiazole rings is 1. The van der Waals surface area contributed by atoms with Gasteiger partial charge in [0.2, 0.25) is 0 Å². The number of esters is 1. The van der Waals surface area contributed by atoms with E-state index in [2.05, 4.69) is 4.98 Å². The number of fused-ring (bicyclic) bond motifs is 1. The number of hydrogen-bond donors (Lipinski definition) is 2. The first-order chi connectivity index (χ1) is 16.0. The average molecular weight is 463 g/mol. The Bertz CT molecular complexity index is 1260. The van der Waals surface area contributed by atoms with Crippen molar-refractivity contribution in [3.05, 3.63) is 64.9 Å². The molecule has 0 atom stereocenters. The number of aliphatic hydroxyl groups is 1. The molecule has 9 heteroatoms. The lowest BCUT2D eigenvalue weighted by atomic mass is 10.2. The van der Waals surface area contributed by atoms with E-state index in [0.717, 1.165) is 23.1 Å². The number of hydrogen-bond acceptors (Lipinski definition) is 7. The molecule has 2 aliphatic rings. The van der Waals surface area contributed by atoms with E-state index in [4.69, 9.17) is 10.1 Å². The molecule has 1 saturated heterocycles. The van der Waals surface area contributed by atoms with E-state index in [1.165, 1.54) is 11.3 Å². The summed E-state index contributed by atoms with van der Waals surface area (Å²) in [6.07, 6.45) is 1.95. The van der Waals surface area contributed by atoms with Crippen molar-refractivity contribution >= 4 is 50.5 Å². The van der Waals surface area contributed by atoms with Crippen LogP contribution in [0.15, 0.2) is 54.3 Å². The largest absolute Gasteiger partial charge is 0.510 e. The van der Waals surface area contributed by atoms with Gasteiger partial charge in [0.15, 0.2) is 6.61 Å². The van der Waals surface area contributed by atoms with Crippen LogP contribution >= 0.6 is 11.3 Å². The van der Waals surface area contributed by atoms with E-state index in [1.54, 1.807) is 34.1 Å². The van der Waals surface area contributed by atoms with E-state index >= 15 is 0 Å². The third kappa shape index (κ3) is 4.07. The van der Waals surface area contributed by atoms with Crippen LogP contribution in [0.3, 0.4) is 0 Å². The van der Waals surface area contributed by atoms with Gasteiger partial charge in [-0.15, -0.1) is 11.3 Å². The monoisotopic (exact) mass is 462 g/mol. The number of para-hydroxylation sites is 1. The molecule has 0 spiro atoms. The fourth-order valence-corrected chi connectivity index (χ4v) is 5.11. The van der Waals surface area contributed by atoms with Crippen LogP contribution in [-0.2, 0) is 9.53 Å². The molecule has 8 nitrogen and oxygen atoms in total. The van der Waals surface area contributed by atoms with Crippen molar-refractivity contribution in [2.45, 2.75) is 12.8 Å². The number of nitrogens with one attached hydrogen (secondary N) is 1. The molecule has 1 amide bonds. The number of ether oxygens (including phenoxy) is 1. The summed E-state index contributed by atoms with van der Waals surface area (Å²) in [5.41, 5.74) is 2.06. The second-order valence-electron chi connectivity index (χ2n) is 7.96. The molecule has 5 rings (SSSR count). The first kappa shape index (κ1) is 21.1. The number of rotatable bonds is 5.